The Balaban J connectivity index is 1.55. The molecule has 1 aliphatic carbocycles. The van der Waals surface area contributed by atoms with Gasteiger partial charge in [0, 0.05) is 10.3 Å². The van der Waals surface area contributed by atoms with Crippen molar-refractivity contribution >= 4 is 44.9 Å². The first kappa shape index (κ1) is 13.6. The molecule has 0 fully saturated rings. The minimum atomic E-state index is 0.561. The molecule has 2 heterocycles. The standard InChI is InChI=1S/C16H13ClN2S2/c17-15-13-6-7-20-16(13)19-14(18-15)9-21-12-5-4-10-2-1-3-11(10)8-12/h4-8H,1-3,9H2. The first-order valence-corrected chi connectivity index (χ1v) is 9.18. The van der Waals surface area contributed by atoms with Crippen LogP contribution in [-0.4, -0.2) is 9.97 Å². The second-order valence-electron chi connectivity index (χ2n) is 5.14. The first-order valence-electron chi connectivity index (χ1n) is 6.94. The highest BCUT2D eigenvalue weighted by atomic mass is 35.5. The molecular weight excluding hydrogens is 320 g/mol. The lowest BCUT2D eigenvalue weighted by Crippen LogP contribution is -1.93. The molecular formula is C16H13ClN2S2. The van der Waals surface area contributed by atoms with E-state index in [-0.39, 0.29) is 0 Å². The van der Waals surface area contributed by atoms with Gasteiger partial charge in [-0.05, 0) is 54.0 Å². The molecule has 0 unspecified atom stereocenters. The molecule has 0 radical (unpaired) electrons. The summed E-state index contributed by atoms with van der Waals surface area (Å²) >= 11 is 9.60. The summed E-state index contributed by atoms with van der Waals surface area (Å²) in [6.45, 7) is 0. The highest BCUT2D eigenvalue weighted by molar-refractivity contribution is 7.98. The molecule has 0 amide bonds. The van der Waals surface area contributed by atoms with Gasteiger partial charge in [0.15, 0.2) is 0 Å². The summed E-state index contributed by atoms with van der Waals surface area (Å²) in [5, 5.41) is 3.52. The molecule has 1 aliphatic rings. The van der Waals surface area contributed by atoms with Crippen LogP contribution in [0.5, 0.6) is 0 Å². The molecule has 0 spiro atoms. The van der Waals surface area contributed by atoms with Gasteiger partial charge in [-0.3, -0.25) is 0 Å². The average Bonchev–Trinajstić information content (AvgIpc) is 3.13. The van der Waals surface area contributed by atoms with Crippen LogP contribution in [0.15, 0.2) is 34.5 Å². The third-order valence-corrected chi connectivity index (χ3v) is 5.85. The lowest BCUT2D eigenvalue weighted by atomic mass is 10.1. The second-order valence-corrected chi connectivity index (χ2v) is 7.44. The van der Waals surface area contributed by atoms with Gasteiger partial charge in [-0.25, -0.2) is 9.97 Å². The summed E-state index contributed by atoms with van der Waals surface area (Å²) in [7, 11) is 0. The van der Waals surface area contributed by atoms with Gasteiger partial charge < -0.3 is 0 Å². The topological polar surface area (TPSA) is 25.8 Å². The summed E-state index contributed by atoms with van der Waals surface area (Å²) in [5.74, 6) is 1.56. The number of nitrogens with zero attached hydrogens (tertiary/aromatic N) is 2. The summed E-state index contributed by atoms with van der Waals surface area (Å²) in [4.78, 5) is 11.3. The Labute approximate surface area is 136 Å². The summed E-state index contributed by atoms with van der Waals surface area (Å²) in [6.07, 6.45) is 3.73. The van der Waals surface area contributed by atoms with Gasteiger partial charge in [-0.15, -0.1) is 23.1 Å². The largest absolute Gasteiger partial charge is 0.221 e. The van der Waals surface area contributed by atoms with E-state index in [1.165, 1.54) is 35.3 Å². The summed E-state index contributed by atoms with van der Waals surface area (Å²) in [6, 6.07) is 8.76. The van der Waals surface area contributed by atoms with E-state index in [4.69, 9.17) is 11.6 Å². The van der Waals surface area contributed by atoms with Crippen LogP contribution in [0.25, 0.3) is 10.2 Å². The third-order valence-electron chi connectivity index (χ3n) is 3.76. The molecule has 4 rings (SSSR count). The Hall–Kier alpha value is -1.10. The number of fused-ring (bicyclic) bond motifs is 2. The zero-order valence-corrected chi connectivity index (χ0v) is 13.7. The van der Waals surface area contributed by atoms with Gasteiger partial charge in [-0.2, -0.15) is 0 Å². The fraction of sp³-hybridized carbons (Fsp3) is 0.250. The Morgan fingerprint density at radius 2 is 2.05 bits per heavy atom. The predicted molar refractivity (Wildman–Crippen MR) is 90.5 cm³/mol. The Morgan fingerprint density at radius 1 is 1.14 bits per heavy atom. The Morgan fingerprint density at radius 3 is 3.00 bits per heavy atom. The molecule has 0 saturated heterocycles. The van der Waals surface area contributed by atoms with Gasteiger partial charge in [0.1, 0.15) is 15.8 Å². The molecule has 5 heteroatoms. The quantitative estimate of drug-likeness (QED) is 0.491. The molecule has 1 aromatic carbocycles. The second kappa shape index (κ2) is 5.59. The van der Waals surface area contributed by atoms with Crippen molar-refractivity contribution < 1.29 is 0 Å². The number of benzene rings is 1. The SMILES string of the molecule is Clc1nc(CSc2ccc3c(c2)CCC3)nc2sccc12. The van der Waals surface area contributed by atoms with Crippen LogP contribution in [-0.2, 0) is 18.6 Å². The van der Waals surface area contributed by atoms with E-state index in [2.05, 4.69) is 28.2 Å². The minimum absolute atomic E-state index is 0.561. The predicted octanol–water partition coefficient (Wildman–Crippen LogP) is 5.13. The van der Waals surface area contributed by atoms with E-state index in [9.17, 15) is 0 Å². The number of halogens is 1. The van der Waals surface area contributed by atoms with E-state index in [1.807, 2.05) is 11.4 Å². The maximum absolute atomic E-state index is 6.21. The van der Waals surface area contributed by atoms with Gasteiger partial charge in [0.25, 0.3) is 0 Å². The maximum Gasteiger partial charge on any atom is 0.142 e. The number of thioether (sulfide) groups is 1. The normalized spacial score (nSPS) is 13.8. The molecule has 0 saturated carbocycles. The van der Waals surface area contributed by atoms with Gasteiger partial charge in [0.05, 0.1) is 5.75 Å². The van der Waals surface area contributed by atoms with Crippen LogP contribution in [0.4, 0.5) is 0 Å². The molecule has 3 aromatic rings. The molecule has 0 aliphatic heterocycles. The van der Waals surface area contributed by atoms with E-state index < -0.39 is 0 Å². The molecule has 2 nitrogen and oxygen atoms in total. The smallest absolute Gasteiger partial charge is 0.142 e. The Bertz CT molecular complexity index is 813. The number of aryl methyl sites for hydroxylation is 2. The summed E-state index contributed by atoms with van der Waals surface area (Å²) < 4.78 is 0. The van der Waals surface area contributed by atoms with Crippen LogP contribution in [0, 0.1) is 0 Å². The van der Waals surface area contributed by atoms with Crippen molar-refractivity contribution in [3.8, 4) is 0 Å². The molecule has 0 N–H and O–H groups in total. The van der Waals surface area contributed by atoms with Crippen molar-refractivity contribution in [1.82, 2.24) is 9.97 Å². The monoisotopic (exact) mass is 332 g/mol. The van der Waals surface area contributed by atoms with Crippen molar-refractivity contribution in [2.45, 2.75) is 29.9 Å². The van der Waals surface area contributed by atoms with Gasteiger partial charge in [-0.1, -0.05) is 17.7 Å². The number of hydrogen-bond donors (Lipinski definition) is 0. The number of rotatable bonds is 3. The number of thiophene rings is 1. The maximum atomic E-state index is 6.21. The summed E-state index contributed by atoms with van der Waals surface area (Å²) in [5.41, 5.74) is 3.02. The third kappa shape index (κ3) is 2.68. The van der Waals surface area contributed by atoms with Crippen molar-refractivity contribution in [1.29, 1.82) is 0 Å². The molecule has 0 atom stereocenters. The lowest BCUT2D eigenvalue weighted by Gasteiger charge is -2.05. The van der Waals surface area contributed by atoms with Crippen LogP contribution in [0.1, 0.15) is 23.4 Å². The average molecular weight is 333 g/mol. The van der Waals surface area contributed by atoms with E-state index in [0.29, 0.717) is 5.15 Å². The van der Waals surface area contributed by atoms with Crippen molar-refractivity contribution in [3.63, 3.8) is 0 Å². The van der Waals surface area contributed by atoms with Crippen LogP contribution >= 0.6 is 34.7 Å². The van der Waals surface area contributed by atoms with E-state index >= 15 is 0 Å². The van der Waals surface area contributed by atoms with E-state index in [1.54, 1.807) is 23.1 Å². The molecule has 0 bridgehead atoms. The highest BCUT2D eigenvalue weighted by Gasteiger charge is 2.12. The van der Waals surface area contributed by atoms with Crippen LogP contribution < -0.4 is 0 Å². The van der Waals surface area contributed by atoms with Crippen molar-refractivity contribution in [3.05, 3.63) is 51.7 Å². The first-order chi connectivity index (χ1) is 10.3. The number of hydrogen-bond acceptors (Lipinski definition) is 4. The number of aromatic nitrogens is 2. The van der Waals surface area contributed by atoms with Crippen molar-refractivity contribution in [2.75, 3.05) is 0 Å². The molecule has 21 heavy (non-hydrogen) atoms. The zero-order valence-electron chi connectivity index (χ0n) is 11.3. The lowest BCUT2D eigenvalue weighted by molar-refractivity contribution is 0.911. The van der Waals surface area contributed by atoms with Crippen molar-refractivity contribution in [2.24, 2.45) is 0 Å². The fourth-order valence-corrected chi connectivity index (χ4v) is 4.61. The fourth-order valence-electron chi connectivity index (χ4n) is 2.71. The zero-order chi connectivity index (χ0) is 14.2. The molecule has 106 valence electrons. The van der Waals surface area contributed by atoms with E-state index in [0.717, 1.165) is 21.8 Å². The van der Waals surface area contributed by atoms with Gasteiger partial charge >= 0.3 is 0 Å². The van der Waals surface area contributed by atoms with Crippen LogP contribution in [0.2, 0.25) is 5.15 Å². The molecule has 2 aromatic heterocycles. The minimum Gasteiger partial charge on any atom is -0.221 e. The highest BCUT2D eigenvalue weighted by Crippen LogP contribution is 2.30. The van der Waals surface area contributed by atoms with Gasteiger partial charge in [0.2, 0.25) is 0 Å². The Kier molecular flexibility index (Phi) is 3.61. The van der Waals surface area contributed by atoms with Crippen LogP contribution in [0.3, 0.4) is 0 Å².